The van der Waals surface area contributed by atoms with E-state index in [0.29, 0.717) is 13.0 Å². The van der Waals surface area contributed by atoms with Gasteiger partial charge in [-0.15, -0.1) is 0 Å². The highest BCUT2D eigenvalue weighted by atomic mass is 16.7. The summed E-state index contributed by atoms with van der Waals surface area (Å²) >= 11 is 0. The monoisotopic (exact) mass is 844 g/mol. The zero-order chi connectivity index (χ0) is 43.4. The van der Waals surface area contributed by atoms with Crippen LogP contribution in [0.3, 0.4) is 0 Å². The molecule has 0 aromatic carbocycles. The Hall–Kier alpha value is -2.15. The summed E-state index contributed by atoms with van der Waals surface area (Å²) < 4.78 is 31.3. The van der Waals surface area contributed by atoms with Gasteiger partial charge < -0.3 is 84.6 Å². The third-order valence-electron chi connectivity index (χ3n) is 10.3. The van der Waals surface area contributed by atoms with E-state index in [4.69, 9.17) is 38.6 Å². The SMILES string of the molecule is CCCCCCCCCCCCO[C@@H]1OC(C(=O)O)[C@@H](O[C@@H]2OC(C(=O)O)[C@@H](O)[C@H](O)C2O)[C@H](O)C1O.CCCCCCCCO[C@@H]1OC(C(=O)O)[C@@H](O)[C@H](O)C1O. The second-order valence-corrected chi connectivity index (χ2v) is 15.0. The summed E-state index contributed by atoms with van der Waals surface area (Å²) in [6.45, 7) is 4.80. The summed E-state index contributed by atoms with van der Waals surface area (Å²) in [4.78, 5) is 34.0. The predicted molar refractivity (Wildman–Crippen MR) is 199 cm³/mol. The van der Waals surface area contributed by atoms with Crippen LogP contribution in [0.4, 0.5) is 0 Å². The van der Waals surface area contributed by atoms with Crippen molar-refractivity contribution in [3.63, 3.8) is 0 Å². The number of carboxylic acid groups (broad SMARTS) is 3. The van der Waals surface area contributed by atoms with E-state index in [9.17, 15) is 60.3 Å². The highest BCUT2D eigenvalue weighted by Crippen LogP contribution is 2.30. The highest BCUT2D eigenvalue weighted by Gasteiger charge is 2.54. The minimum atomic E-state index is -1.99. The molecule has 58 heavy (non-hydrogen) atoms. The van der Waals surface area contributed by atoms with Crippen LogP contribution in [-0.4, -0.2) is 179 Å². The molecule has 340 valence electrons. The summed E-state index contributed by atoms with van der Waals surface area (Å²) in [6, 6.07) is 0. The molecule has 0 bridgehead atoms. The molecule has 3 rings (SSSR count). The lowest BCUT2D eigenvalue weighted by molar-refractivity contribution is -0.350. The van der Waals surface area contributed by atoms with Crippen molar-refractivity contribution in [2.75, 3.05) is 13.2 Å². The predicted octanol–water partition coefficient (Wildman–Crippen LogP) is -0.0117. The van der Waals surface area contributed by atoms with Crippen molar-refractivity contribution in [3.8, 4) is 0 Å². The first-order valence-electron chi connectivity index (χ1n) is 20.6. The maximum atomic E-state index is 11.8. The summed E-state index contributed by atoms with van der Waals surface area (Å²) in [5, 5.41) is 107. The van der Waals surface area contributed by atoms with E-state index in [-0.39, 0.29) is 6.61 Å². The van der Waals surface area contributed by atoms with E-state index in [2.05, 4.69) is 13.8 Å². The molecule has 0 aliphatic carbocycles. The number of ether oxygens (including phenoxy) is 6. The van der Waals surface area contributed by atoms with Crippen molar-refractivity contribution in [3.05, 3.63) is 0 Å². The van der Waals surface area contributed by atoms with Crippen LogP contribution in [0.15, 0.2) is 0 Å². The number of hydrogen-bond donors (Lipinski definition) is 11. The zero-order valence-electron chi connectivity index (χ0n) is 33.5. The van der Waals surface area contributed by atoms with Gasteiger partial charge in [0.1, 0.15) is 54.9 Å². The van der Waals surface area contributed by atoms with Gasteiger partial charge in [-0.25, -0.2) is 14.4 Å². The number of carboxylic acids is 3. The Morgan fingerprint density at radius 1 is 0.397 bits per heavy atom. The summed E-state index contributed by atoms with van der Waals surface area (Å²) in [7, 11) is 0. The normalized spacial score (nSPS) is 35.2. The highest BCUT2D eigenvalue weighted by molar-refractivity contribution is 5.74. The average molecular weight is 845 g/mol. The molecular formula is C38H68O20. The molecule has 0 spiro atoms. The van der Waals surface area contributed by atoms with Gasteiger partial charge in [0.2, 0.25) is 0 Å². The molecule has 0 radical (unpaired) electrons. The molecule has 0 aromatic rings. The lowest BCUT2D eigenvalue weighted by Gasteiger charge is -2.44. The van der Waals surface area contributed by atoms with Crippen LogP contribution in [0.2, 0.25) is 0 Å². The largest absolute Gasteiger partial charge is 0.479 e. The minimum absolute atomic E-state index is 0.164. The van der Waals surface area contributed by atoms with Crippen molar-refractivity contribution < 1.29 is 99.0 Å². The van der Waals surface area contributed by atoms with Gasteiger partial charge in [0.05, 0.1) is 0 Å². The summed E-state index contributed by atoms with van der Waals surface area (Å²) in [6.07, 6.45) is -8.77. The molecule has 11 N–H and O–H groups in total. The van der Waals surface area contributed by atoms with E-state index in [1.807, 2.05) is 0 Å². The fourth-order valence-corrected chi connectivity index (χ4v) is 6.71. The van der Waals surface area contributed by atoms with Crippen LogP contribution in [0.5, 0.6) is 0 Å². The zero-order valence-corrected chi connectivity index (χ0v) is 33.5. The molecule has 6 unspecified atom stereocenters. The Morgan fingerprint density at radius 2 is 0.707 bits per heavy atom. The molecule has 0 aromatic heterocycles. The number of unbranched alkanes of at least 4 members (excludes halogenated alkanes) is 14. The van der Waals surface area contributed by atoms with Gasteiger partial charge in [-0.05, 0) is 12.8 Å². The number of carbonyl (C=O) groups is 3. The Bertz CT molecular complexity index is 1160. The number of rotatable bonds is 25. The molecule has 0 amide bonds. The first kappa shape index (κ1) is 52.0. The van der Waals surface area contributed by atoms with Gasteiger partial charge >= 0.3 is 17.9 Å². The molecule has 15 atom stereocenters. The van der Waals surface area contributed by atoms with Gasteiger partial charge in [0.25, 0.3) is 0 Å². The maximum Gasteiger partial charge on any atom is 0.335 e. The second-order valence-electron chi connectivity index (χ2n) is 15.0. The molecule has 3 aliphatic rings. The van der Waals surface area contributed by atoms with Crippen LogP contribution in [-0.2, 0) is 42.8 Å². The van der Waals surface area contributed by atoms with Crippen LogP contribution >= 0.6 is 0 Å². The average Bonchev–Trinajstić information content (AvgIpc) is 3.18. The fourth-order valence-electron chi connectivity index (χ4n) is 6.71. The molecular weight excluding hydrogens is 776 g/mol. The topological polar surface area (TPSA) is 329 Å². The molecule has 20 heteroatoms. The van der Waals surface area contributed by atoms with Gasteiger partial charge in [0, 0.05) is 13.2 Å². The Kier molecular flexibility index (Phi) is 24.8. The van der Waals surface area contributed by atoms with Crippen LogP contribution in [0.1, 0.15) is 117 Å². The van der Waals surface area contributed by atoms with Crippen molar-refractivity contribution in [1.82, 2.24) is 0 Å². The number of aliphatic hydroxyl groups is 8. The Labute approximate surface area is 338 Å². The standard InChI is InChI=1S/C24H42O13.C14H26O7/c1-2-3-4-5-6-7-8-9-10-11-12-34-23-17(29)15(27)18(20(37-23)22(32)33)35-24-16(28)13(25)14(26)19(36-24)21(30)31;1-2-3-4-5-6-7-8-20-14-11(17)9(15)10(16)12(21-14)13(18)19/h13-20,23-29H,2-12H2,1H3,(H,30,31)(H,32,33);9-12,14-17H,2-8H2,1H3,(H,18,19)/t13-,14-,15+,16?,17?,18-,19?,20?,23+,24+;9-,10-,11?,12?,14+/m00/s1. The summed E-state index contributed by atoms with van der Waals surface area (Å²) in [5.41, 5.74) is 0. The smallest absolute Gasteiger partial charge is 0.335 e. The van der Waals surface area contributed by atoms with E-state index in [1.165, 1.54) is 57.8 Å². The van der Waals surface area contributed by atoms with Crippen molar-refractivity contribution >= 4 is 17.9 Å². The number of aliphatic carboxylic acids is 3. The Balaban J connectivity index is 0.000000467. The molecule has 3 saturated heterocycles. The lowest BCUT2D eigenvalue weighted by atomic mass is 9.96. The van der Waals surface area contributed by atoms with E-state index in [0.717, 1.165) is 38.5 Å². The van der Waals surface area contributed by atoms with Crippen LogP contribution < -0.4 is 0 Å². The first-order chi connectivity index (χ1) is 27.6. The number of aliphatic hydroxyl groups excluding tert-OH is 8. The third-order valence-corrected chi connectivity index (χ3v) is 10.3. The second kappa shape index (κ2) is 27.6. The van der Waals surface area contributed by atoms with E-state index in [1.54, 1.807) is 0 Å². The minimum Gasteiger partial charge on any atom is -0.479 e. The van der Waals surface area contributed by atoms with Crippen molar-refractivity contribution in [1.29, 1.82) is 0 Å². The summed E-state index contributed by atoms with van der Waals surface area (Å²) in [5.74, 6) is -4.64. The van der Waals surface area contributed by atoms with Gasteiger partial charge in [-0.1, -0.05) is 104 Å². The van der Waals surface area contributed by atoms with Crippen LogP contribution in [0, 0.1) is 0 Å². The molecule has 3 fully saturated rings. The van der Waals surface area contributed by atoms with Gasteiger partial charge in [0.15, 0.2) is 37.2 Å². The first-order valence-corrected chi connectivity index (χ1v) is 20.6. The van der Waals surface area contributed by atoms with Crippen molar-refractivity contribution in [2.45, 2.75) is 209 Å². The van der Waals surface area contributed by atoms with E-state index >= 15 is 0 Å². The lowest BCUT2D eigenvalue weighted by Crippen LogP contribution is -2.65. The quantitative estimate of drug-likeness (QED) is 0.0538. The third kappa shape index (κ3) is 16.4. The molecule has 3 heterocycles. The van der Waals surface area contributed by atoms with Gasteiger partial charge in [-0.3, -0.25) is 0 Å². The molecule has 20 nitrogen and oxygen atoms in total. The fraction of sp³-hybridized carbons (Fsp3) is 0.921. The maximum absolute atomic E-state index is 11.8. The van der Waals surface area contributed by atoms with Crippen molar-refractivity contribution in [2.24, 2.45) is 0 Å². The molecule has 3 aliphatic heterocycles. The van der Waals surface area contributed by atoms with E-state index < -0.39 is 110 Å². The van der Waals surface area contributed by atoms with Gasteiger partial charge in [-0.2, -0.15) is 0 Å². The van der Waals surface area contributed by atoms with Crippen LogP contribution in [0.25, 0.3) is 0 Å². The molecule has 0 saturated carbocycles. The Morgan fingerprint density at radius 3 is 1.09 bits per heavy atom. The number of hydrogen-bond acceptors (Lipinski definition) is 17.